The minimum absolute atomic E-state index is 0.0224. The van der Waals surface area contributed by atoms with Crippen molar-refractivity contribution in [2.75, 3.05) is 0 Å². The predicted octanol–water partition coefficient (Wildman–Crippen LogP) is 4.00. The molecule has 0 spiro atoms. The zero-order valence-corrected chi connectivity index (χ0v) is 15.3. The maximum absolute atomic E-state index is 12.0. The summed E-state index contributed by atoms with van der Waals surface area (Å²) in [7, 11) is 0. The van der Waals surface area contributed by atoms with Crippen LogP contribution in [0.3, 0.4) is 0 Å². The standard InChI is InChI=1S/C23H22N2O2/c1-2-15-5-3-6-16(11-15)13-25-20-8-4-7-19(23(24)27)22(20)18-10-9-17(14-26)12-21(18)25/h3-12,26H,2,13-14H2,1H3,(H2,24,27). The largest absolute Gasteiger partial charge is 0.392 e. The molecule has 27 heavy (non-hydrogen) atoms. The Bertz CT molecular complexity index is 1160. The zero-order valence-electron chi connectivity index (χ0n) is 15.3. The number of hydrogen-bond acceptors (Lipinski definition) is 2. The van der Waals surface area contributed by atoms with Crippen molar-refractivity contribution in [1.29, 1.82) is 0 Å². The van der Waals surface area contributed by atoms with Crippen LogP contribution in [-0.4, -0.2) is 15.6 Å². The lowest BCUT2D eigenvalue weighted by atomic mass is 10.0. The maximum Gasteiger partial charge on any atom is 0.249 e. The van der Waals surface area contributed by atoms with Crippen molar-refractivity contribution in [2.24, 2.45) is 5.73 Å². The second kappa shape index (κ2) is 6.89. The van der Waals surface area contributed by atoms with E-state index in [1.807, 2.05) is 30.3 Å². The van der Waals surface area contributed by atoms with E-state index in [-0.39, 0.29) is 6.61 Å². The Labute approximate surface area is 157 Å². The number of aliphatic hydroxyl groups is 1. The van der Waals surface area contributed by atoms with Gasteiger partial charge in [-0.15, -0.1) is 0 Å². The summed E-state index contributed by atoms with van der Waals surface area (Å²) in [6, 6.07) is 20.0. The van der Waals surface area contributed by atoms with E-state index in [0.29, 0.717) is 12.1 Å². The molecule has 4 nitrogen and oxygen atoms in total. The van der Waals surface area contributed by atoms with E-state index in [1.54, 1.807) is 6.07 Å². The van der Waals surface area contributed by atoms with Crippen LogP contribution in [0, 0.1) is 0 Å². The first-order chi connectivity index (χ1) is 13.1. The number of rotatable bonds is 5. The molecule has 4 aromatic rings. The molecule has 4 rings (SSSR count). The topological polar surface area (TPSA) is 68.2 Å². The number of aliphatic hydroxyl groups excluding tert-OH is 1. The molecule has 0 aliphatic rings. The molecule has 3 aromatic carbocycles. The zero-order chi connectivity index (χ0) is 19.0. The number of nitrogens with zero attached hydrogens (tertiary/aromatic N) is 1. The molecule has 0 bridgehead atoms. The molecule has 1 heterocycles. The number of amides is 1. The fourth-order valence-electron chi connectivity index (χ4n) is 3.79. The lowest BCUT2D eigenvalue weighted by Gasteiger charge is -2.10. The molecule has 0 aliphatic heterocycles. The Morgan fingerprint density at radius 2 is 1.74 bits per heavy atom. The van der Waals surface area contributed by atoms with Crippen molar-refractivity contribution in [2.45, 2.75) is 26.5 Å². The van der Waals surface area contributed by atoms with Gasteiger partial charge in [-0.1, -0.05) is 49.4 Å². The van der Waals surface area contributed by atoms with Gasteiger partial charge in [0, 0.05) is 28.4 Å². The van der Waals surface area contributed by atoms with Crippen molar-refractivity contribution in [3.8, 4) is 0 Å². The lowest BCUT2D eigenvalue weighted by Crippen LogP contribution is -2.11. The number of carbonyl (C=O) groups excluding carboxylic acids is 1. The van der Waals surface area contributed by atoms with Gasteiger partial charge in [-0.05, 0) is 41.3 Å². The summed E-state index contributed by atoms with van der Waals surface area (Å²) in [6.07, 6.45) is 0.988. The van der Waals surface area contributed by atoms with E-state index in [0.717, 1.165) is 33.8 Å². The number of benzene rings is 3. The smallest absolute Gasteiger partial charge is 0.249 e. The van der Waals surface area contributed by atoms with E-state index < -0.39 is 5.91 Å². The van der Waals surface area contributed by atoms with Crippen molar-refractivity contribution in [3.05, 3.63) is 82.9 Å². The number of aryl methyl sites for hydroxylation is 1. The summed E-state index contributed by atoms with van der Waals surface area (Å²) in [5.74, 6) is -0.432. The Balaban J connectivity index is 2.01. The molecule has 0 saturated carbocycles. The van der Waals surface area contributed by atoms with Crippen LogP contribution in [0.25, 0.3) is 21.8 Å². The van der Waals surface area contributed by atoms with Gasteiger partial charge in [0.15, 0.2) is 0 Å². The third-order valence-corrected chi connectivity index (χ3v) is 5.14. The predicted molar refractivity (Wildman–Crippen MR) is 109 cm³/mol. The molecular weight excluding hydrogens is 336 g/mol. The third-order valence-electron chi connectivity index (χ3n) is 5.14. The molecule has 0 atom stereocenters. The number of hydrogen-bond donors (Lipinski definition) is 2. The van der Waals surface area contributed by atoms with Gasteiger partial charge in [-0.2, -0.15) is 0 Å². The maximum atomic E-state index is 12.0. The van der Waals surface area contributed by atoms with Gasteiger partial charge in [0.2, 0.25) is 5.91 Å². The molecular formula is C23H22N2O2. The fourth-order valence-corrected chi connectivity index (χ4v) is 3.79. The lowest BCUT2D eigenvalue weighted by molar-refractivity contribution is 0.100. The Kier molecular flexibility index (Phi) is 4.42. The number of nitrogens with two attached hydrogens (primary N) is 1. The van der Waals surface area contributed by atoms with Crippen LogP contribution in [0.5, 0.6) is 0 Å². The summed E-state index contributed by atoms with van der Waals surface area (Å²) in [5.41, 5.74) is 11.5. The van der Waals surface area contributed by atoms with E-state index in [4.69, 9.17) is 5.73 Å². The van der Waals surface area contributed by atoms with Gasteiger partial charge in [-0.3, -0.25) is 4.79 Å². The Morgan fingerprint density at radius 3 is 2.48 bits per heavy atom. The van der Waals surface area contributed by atoms with Crippen molar-refractivity contribution in [3.63, 3.8) is 0 Å². The van der Waals surface area contributed by atoms with Crippen LogP contribution >= 0.6 is 0 Å². The van der Waals surface area contributed by atoms with Gasteiger partial charge in [0.05, 0.1) is 12.1 Å². The summed E-state index contributed by atoms with van der Waals surface area (Å²) in [6.45, 7) is 2.81. The van der Waals surface area contributed by atoms with Crippen LogP contribution in [0.15, 0.2) is 60.7 Å². The monoisotopic (exact) mass is 358 g/mol. The molecule has 0 fully saturated rings. The Morgan fingerprint density at radius 1 is 0.963 bits per heavy atom. The molecule has 0 saturated heterocycles. The van der Waals surface area contributed by atoms with Gasteiger partial charge in [0.1, 0.15) is 0 Å². The highest BCUT2D eigenvalue weighted by molar-refractivity contribution is 6.17. The second-order valence-electron chi connectivity index (χ2n) is 6.83. The van der Waals surface area contributed by atoms with Gasteiger partial charge >= 0.3 is 0 Å². The van der Waals surface area contributed by atoms with Gasteiger partial charge in [-0.25, -0.2) is 0 Å². The summed E-state index contributed by atoms with van der Waals surface area (Å²) in [5, 5.41) is 11.4. The van der Waals surface area contributed by atoms with Crippen LogP contribution in [0.2, 0.25) is 0 Å². The summed E-state index contributed by atoms with van der Waals surface area (Å²) in [4.78, 5) is 12.0. The SMILES string of the molecule is CCc1cccc(Cn2c3cc(CO)ccc3c3c(C(N)=O)cccc32)c1. The molecule has 0 radical (unpaired) electrons. The van der Waals surface area contributed by atoms with Gasteiger partial charge in [0.25, 0.3) is 0 Å². The van der Waals surface area contributed by atoms with Gasteiger partial charge < -0.3 is 15.4 Å². The summed E-state index contributed by atoms with van der Waals surface area (Å²) >= 11 is 0. The fraction of sp³-hybridized carbons (Fsp3) is 0.174. The molecule has 0 unspecified atom stereocenters. The number of fused-ring (bicyclic) bond motifs is 3. The van der Waals surface area contributed by atoms with Crippen molar-refractivity contribution >= 4 is 27.7 Å². The second-order valence-corrected chi connectivity index (χ2v) is 6.83. The van der Waals surface area contributed by atoms with Crippen LogP contribution < -0.4 is 5.73 Å². The average molecular weight is 358 g/mol. The third kappa shape index (κ3) is 2.98. The minimum atomic E-state index is -0.432. The molecule has 4 heteroatoms. The van der Waals surface area contributed by atoms with Crippen molar-refractivity contribution < 1.29 is 9.90 Å². The minimum Gasteiger partial charge on any atom is -0.392 e. The first-order valence-corrected chi connectivity index (χ1v) is 9.14. The average Bonchev–Trinajstić information content (AvgIpc) is 3.01. The molecule has 136 valence electrons. The highest BCUT2D eigenvalue weighted by Gasteiger charge is 2.17. The van der Waals surface area contributed by atoms with E-state index in [1.165, 1.54) is 11.1 Å². The first kappa shape index (κ1) is 17.3. The highest BCUT2D eigenvalue weighted by atomic mass is 16.3. The normalized spacial score (nSPS) is 11.3. The van der Waals surface area contributed by atoms with Crippen LogP contribution in [0.4, 0.5) is 0 Å². The van der Waals surface area contributed by atoms with Crippen LogP contribution in [0.1, 0.15) is 34.0 Å². The van der Waals surface area contributed by atoms with E-state index in [9.17, 15) is 9.90 Å². The summed E-state index contributed by atoms with van der Waals surface area (Å²) < 4.78 is 2.20. The Hall–Kier alpha value is -3.11. The number of carbonyl (C=O) groups is 1. The highest BCUT2D eigenvalue weighted by Crippen LogP contribution is 2.33. The van der Waals surface area contributed by atoms with Crippen LogP contribution in [-0.2, 0) is 19.6 Å². The number of primary amides is 1. The van der Waals surface area contributed by atoms with E-state index >= 15 is 0 Å². The molecule has 1 aromatic heterocycles. The first-order valence-electron chi connectivity index (χ1n) is 9.14. The molecule has 3 N–H and O–H groups in total. The number of aromatic nitrogens is 1. The quantitative estimate of drug-likeness (QED) is 0.566. The molecule has 0 aliphatic carbocycles. The van der Waals surface area contributed by atoms with E-state index in [2.05, 4.69) is 35.8 Å². The molecule has 1 amide bonds. The van der Waals surface area contributed by atoms with Crippen molar-refractivity contribution in [1.82, 2.24) is 4.57 Å².